The summed E-state index contributed by atoms with van der Waals surface area (Å²) in [6, 6.07) is 0. The highest BCUT2D eigenvalue weighted by Crippen LogP contribution is 2.12. The van der Waals surface area contributed by atoms with Crippen molar-refractivity contribution in [1.82, 2.24) is 9.78 Å². The molecular formula is C7H11ClN2. The van der Waals surface area contributed by atoms with E-state index in [4.69, 9.17) is 11.6 Å². The van der Waals surface area contributed by atoms with Gasteiger partial charge in [0.15, 0.2) is 0 Å². The van der Waals surface area contributed by atoms with Crippen LogP contribution in [0.15, 0.2) is 6.20 Å². The lowest BCUT2D eigenvalue weighted by Gasteiger charge is -1.99. The first-order valence-corrected chi connectivity index (χ1v) is 3.81. The van der Waals surface area contributed by atoms with E-state index in [-0.39, 0.29) is 0 Å². The summed E-state index contributed by atoms with van der Waals surface area (Å²) in [5, 5.41) is 4.85. The Morgan fingerprint density at radius 1 is 1.70 bits per heavy atom. The Balaban J connectivity index is 2.83. The van der Waals surface area contributed by atoms with Crippen molar-refractivity contribution >= 4 is 11.6 Å². The highest BCUT2D eigenvalue weighted by molar-refractivity contribution is 6.31. The van der Waals surface area contributed by atoms with Gasteiger partial charge in [-0.1, -0.05) is 18.5 Å². The normalized spacial score (nSPS) is 10.3. The van der Waals surface area contributed by atoms with E-state index in [1.807, 2.05) is 11.6 Å². The molecule has 1 heterocycles. The molecule has 3 heteroatoms. The molecule has 10 heavy (non-hydrogen) atoms. The lowest BCUT2D eigenvalue weighted by Crippen LogP contribution is -2.00. The van der Waals surface area contributed by atoms with E-state index < -0.39 is 0 Å². The van der Waals surface area contributed by atoms with Gasteiger partial charge < -0.3 is 0 Å². The Hall–Kier alpha value is -0.500. The van der Waals surface area contributed by atoms with E-state index in [1.54, 1.807) is 6.20 Å². The molecule has 1 aromatic rings. The number of nitrogens with zero attached hydrogens (tertiary/aromatic N) is 2. The maximum atomic E-state index is 5.78. The molecule has 0 aromatic carbocycles. The smallest absolute Gasteiger partial charge is 0.0814 e. The molecule has 0 aliphatic rings. The molecule has 1 aromatic heterocycles. The van der Waals surface area contributed by atoms with Crippen molar-refractivity contribution in [1.29, 1.82) is 0 Å². The van der Waals surface area contributed by atoms with Gasteiger partial charge in [-0.05, 0) is 13.3 Å². The summed E-state index contributed by atoms with van der Waals surface area (Å²) in [6.45, 7) is 5.05. The molecule has 0 aliphatic heterocycles. The molecular weight excluding hydrogens is 148 g/mol. The fourth-order valence-corrected chi connectivity index (χ4v) is 1.00. The number of aryl methyl sites for hydroxylation is 1. The standard InChI is InChI=1S/C7H11ClN2/c1-3-4-10-6(2)7(8)5-9-10/h5H,3-4H2,1-2H3. The van der Waals surface area contributed by atoms with Gasteiger partial charge in [-0.25, -0.2) is 0 Å². The van der Waals surface area contributed by atoms with Gasteiger partial charge in [0.25, 0.3) is 0 Å². The van der Waals surface area contributed by atoms with Crippen molar-refractivity contribution in [3.63, 3.8) is 0 Å². The zero-order valence-corrected chi connectivity index (χ0v) is 7.02. The minimum absolute atomic E-state index is 0.758. The fraction of sp³-hybridized carbons (Fsp3) is 0.571. The minimum atomic E-state index is 0.758. The van der Waals surface area contributed by atoms with Gasteiger partial charge in [0.05, 0.1) is 16.9 Å². The van der Waals surface area contributed by atoms with Gasteiger partial charge >= 0.3 is 0 Å². The summed E-state index contributed by atoms with van der Waals surface area (Å²) >= 11 is 5.78. The van der Waals surface area contributed by atoms with E-state index in [0.29, 0.717) is 0 Å². The van der Waals surface area contributed by atoms with Crippen molar-refractivity contribution < 1.29 is 0 Å². The Kier molecular flexibility index (Phi) is 2.33. The van der Waals surface area contributed by atoms with Gasteiger partial charge in [-0.2, -0.15) is 5.10 Å². The predicted molar refractivity (Wildman–Crippen MR) is 42.3 cm³/mol. The topological polar surface area (TPSA) is 17.8 Å². The highest BCUT2D eigenvalue weighted by atomic mass is 35.5. The summed E-state index contributed by atoms with van der Waals surface area (Å²) in [5.41, 5.74) is 1.06. The third-order valence-corrected chi connectivity index (χ3v) is 1.85. The molecule has 2 nitrogen and oxygen atoms in total. The van der Waals surface area contributed by atoms with Crippen molar-refractivity contribution in [2.45, 2.75) is 26.8 Å². The van der Waals surface area contributed by atoms with Crippen molar-refractivity contribution in [2.75, 3.05) is 0 Å². The average Bonchev–Trinajstić information content (AvgIpc) is 2.20. The second kappa shape index (κ2) is 3.06. The first kappa shape index (κ1) is 7.61. The quantitative estimate of drug-likeness (QED) is 0.646. The summed E-state index contributed by atoms with van der Waals surface area (Å²) < 4.78 is 1.92. The second-order valence-electron chi connectivity index (χ2n) is 2.30. The number of hydrogen-bond donors (Lipinski definition) is 0. The largest absolute Gasteiger partial charge is 0.268 e. The maximum absolute atomic E-state index is 5.78. The molecule has 0 amide bonds. The SMILES string of the molecule is CCCn1ncc(Cl)c1C. The first-order valence-electron chi connectivity index (χ1n) is 3.43. The number of aromatic nitrogens is 2. The lowest BCUT2D eigenvalue weighted by atomic mass is 10.4. The molecule has 0 unspecified atom stereocenters. The molecule has 0 N–H and O–H groups in total. The Morgan fingerprint density at radius 3 is 2.80 bits per heavy atom. The van der Waals surface area contributed by atoms with E-state index in [2.05, 4.69) is 12.0 Å². The predicted octanol–water partition coefficient (Wildman–Crippen LogP) is 2.25. The monoisotopic (exact) mass is 158 g/mol. The van der Waals surface area contributed by atoms with Gasteiger partial charge in [0, 0.05) is 6.54 Å². The summed E-state index contributed by atoms with van der Waals surface area (Å²) in [5.74, 6) is 0. The Labute approximate surface area is 65.8 Å². The van der Waals surface area contributed by atoms with Crippen molar-refractivity contribution in [3.05, 3.63) is 16.9 Å². The van der Waals surface area contributed by atoms with Crippen LogP contribution in [0.4, 0.5) is 0 Å². The number of halogens is 1. The van der Waals surface area contributed by atoms with Crippen LogP contribution in [0.3, 0.4) is 0 Å². The molecule has 0 fully saturated rings. The number of hydrogen-bond acceptors (Lipinski definition) is 1. The van der Waals surface area contributed by atoms with Crippen LogP contribution in [-0.2, 0) is 6.54 Å². The van der Waals surface area contributed by atoms with Crippen LogP contribution in [0.5, 0.6) is 0 Å². The van der Waals surface area contributed by atoms with Crippen LogP contribution in [0, 0.1) is 6.92 Å². The lowest BCUT2D eigenvalue weighted by molar-refractivity contribution is 0.587. The van der Waals surface area contributed by atoms with Crippen LogP contribution >= 0.6 is 11.6 Å². The molecule has 0 aliphatic carbocycles. The maximum Gasteiger partial charge on any atom is 0.0814 e. The fourth-order valence-electron chi connectivity index (χ4n) is 0.861. The second-order valence-corrected chi connectivity index (χ2v) is 2.71. The molecule has 0 saturated carbocycles. The van der Waals surface area contributed by atoms with Crippen LogP contribution in [0.2, 0.25) is 5.02 Å². The average molecular weight is 159 g/mol. The van der Waals surface area contributed by atoms with E-state index in [9.17, 15) is 0 Å². The summed E-state index contributed by atoms with van der Waals surface area (Å²) in [7, 11) is 0. The minimum Gasteiger partial charge on any atom is -0.268 e. The zero-order chi connectivity index (χ0) is 7.56. The van der Waals surface area contributed by atoms with Crippen molar-refractivity contribution in [2.24, 2.45) is 0 Å². The molecule has 0 atom stereocenters. The van der Waals surface area contributed by atoms with Gasteiger partial charge in [0.2, 0.25) is 0 Å². The van der Waals surface area contributed by atoms with Crippen LogP contribution in [-0.4, -0.2) is 9.78 Å². The van der Waals surface area contributed by atoms with Crippen LogP contribution < -0.4 is 0 Å². The third-order valence-electron chi connectivity index (χ3n) is 1.48. The van der Waals surface area contributed by atoms with Crippen molar-refractivity contribution in [3.8, 4) is 0 Å². The van der Waals surface area contributed by atoms with E-state index >= 15 is 0 Å². The van der Waals surface area contributed by atoms with Gasteiger partial charge in [0.1, 0.15) is 0 Å². The third kappa shape index (κ3) is 1.32. The Bertz CT molecular complexity index is 217. The van der Waals surface area contributed by atoms with E-state index in [0.717, 1.165) is 23.7 Å². The molecule has 1 rings (SSSR count). The summed E-state index contributed by atoms with van der Waals surface area (Å²) in [4.78, 5) is 0. The van der Waals surface area contributed by atoms with E-state index in [1.165, 1.54) is 0 Å². The zero-order valence-electron chi connectivity index (χ0n) is 6.26. The first-order chi connectivity index (χ1) is 4.75. The molecule has 0 saturated heterocycles. The molecule has 0 radical (unpaired) electrons. The number of rotatable bonds is 2. The van der Waals surface area contributed by atoms with Crippen LogP contribution in [0.25, 0.3) is 0 Å². The molecule has 0 bridgehead atoms. The summed E-state index contributed by atoms with van der Waals surface area (Å²) in [6.07, 6.45) is 2.78. The molecule has 56 valence electrons. The Morgan fingerprint density at radius 2 is 2.40 bits per heavy atom. The van der Waals surface area contributed by atoms with Gasteiger partial charge in [-0.15, -0.1) is 0 Å². The van der Waals surface area contributed by atoms with Gasteiger partial charge in [-0.3, -0.25) is 4.68 Å². The van der Waals surface area contributed by atoms with Crippen LogP contribution in [0.1, 0.15) is 19.0 Å². The molecule has 0 spiro atoms. The highest BCUT2D eigenvalue weighted by Gasteiger charge is 2.00.